The zero-order valence-corrected chi connectivity index (χ0v) is 13.7. The van der Waals surface area contributed by atoms with Crippen LogP contribution in [0.3, 0.4) is 0 Å². The van der Waals surface area contributed by atoms with Crippen molar-refractivity contribution in [2.45, 2.75) is 26.3 Å². The van der Waals surface area contributed by atoms with Crippen molar-refractivity contribution in [2.75, 3.05) is 13.1 Å². The summed E-state index contributed by atoms with van der Waals surface area (Å²) < 4.78 is 5.17. The Labute approximate surface area is 140 Å². The predicted molar refractivity (Wildman–Crippen MR) is 88.4 cm³/mol. The van der Waals surface area contributed by atoms with Crippen molar-refractivity contribution in [2.24, 2.45) is 5.92 Å². The van der Waals surface area contributed by atoms with Crippen LogP contribution < -0.4 is 5.32 Å². The molecule has 0 radical (unpaired) electrons. The highest BCUT2D eigenvalue weighted by Gasteiger charge is 2.23. The molecule has 0 aliphatic carbocycles. The Kier molecular flexibility index (Phi) is 4.93. The molecule has 1 aliphatic rings. The fourth-order valence-corrected chi connectivity index (χ4v) is 2.73. The molecule has 6 nitrogen and oxygen atoms in total. The van der Waals surface area contributed by atoms with Gasteiger partial charge in [-0.2, -0.15) is 0 Å². The van der Waals surface area contributed by atoms with Crippen LogP contribution in [0.25, 0.3) is 0 Å². The molecular weight excluding hydrogens is 306 g/mol. The fourth-order valence-electron chi connectivity index (χ4n) is 2.73. The van der Waals surface area contributed by atoms with E-state index in [-0.39, 0.29) is 24.1 Å². The Balaban J connectivity index is 1.64. The number of carbonyl (C=O) groups is 2. The number of carbonyl (C=O) groups excluding carboxylic acids is 2. The van der Waals surface area contributed by atoms with Gasteiger partial charge in [-0.1, -0.05) is 13.0 Å². The van der Waals surface area contributed by atoms with Crippen molar-refractivity contribution in [1.29, 1.82) is 0 Å². The topological polar surface area (TPSA) is 75.4 Å². The van der Waals surface area contributed by atoms with E-state index in [4.69, 9.17) is 4.42 Å². The van der Waals surface area contributed by atoms with Crippen molar-refractivity contribution >= 4 is 11.8 Å². The van der Waals surface area contributed by atoms with E-state index in [9.17, 15) is 9.59 Å². The quantitative estimate of drug-likeness (QED) is 0.936. The van der Waals surface area contributed by atoms with Crippen molar-refractivity contribution in [3.05, 3.63) is 53.7 Å². The van der Waals surface area contributed by atoms with Crippen LogP contribution in [0.5, 0.6) is 0 Å². The molecule has 24 heavy (non-hydrogen) atoms. The Morgan fingerprint density at radius 3 is 2.67 bits per heavy atom. The summed E-state index contributed by atoms with van der Waals surface area (Å²) >= 11 is 0. The van der Waals surface area contributed by atoms with Crippen LogP contribution in [0, 0.1) is 5.92 Å². The summed E-state index contributed by atoms with van der Waals surface area (Å²) in [7, 11) is 0. The molecule has 2 amide bonds. The van der Waals surface area contributed by atoms with Crippen LogP contribution in [0.2, 0.25) is 0 Å². The zero-order valence-electron chi connectivity index (χ0n) is 13.7. The van der Waals surface area contributed by atoms with Crippen molar-refractivity contribution in [1.82, 2.24) is 15.2 Å². The lowest BCUT2D eigenvalue weighted by molar-refractivity contribution is 0.0691. The number of likely N-dealkylation sites (tertiary alicyclic amines) is 1. The van der Waals surface area contributed by atoms with Gasteiger partial charge in [0.05, 0.1) is 12.8 Å². The van der Waals surface area contributed by atoms with E-state index in [1.54, 1.807) is 36.6 Å². The van der Waals surface area contributed by atoms with Crippen LogP contribution in [0.1, 0.15) is 46.5 Å². The Hall–Kier alpha value is -2.63. The van der Waals surface area contributed by atoms with Gasteiger partial charge in [-0.25, -0.2) is 4.98 Å². The summed E-state index contributed by atoms with van der Waals surface area (Å²) in [6.07, 6.45) is 3.57. The molecule has 2 aromatic heterocycles. The molecule has 0 spiro atoms. The minimum absolute atomic E-state index is 0.109. The smallest absolute Gasteiger partial charge is 0.272 e. The number of nitrogens with one attached hydrogen (secondary N) is 1. The van der Waals surface area contributed by atoms with Crippen LogP contribution >= 0.6 is 0 Å². The molecule has 1 aliphatic heterocycles. The average molecular weight is 327 g/mol. The normalized spacial score (nSPS) is 15.3. The number of nitrogens with zero attached hydrogens (tertiary/aromatic N) is 2. The summed E-state index contributed by atoms with van der Waals surface area (Å²) in [4.78, 5) is 30.8. The maximum Gasteiger partial charge on any atom is 0.272 e. The molecule has 6 heteroatoms. The largest absolute Gasteiger partial charge is 0.467 e. The highest BCUT2D eigenvalue weighted by molar-refractivity contribution is 5.96. The van der Waals surface area contributed by atoms with E-state index in [2.05, 4.69) is 17.2 Å². The SMILES string of the molecule is CC1CCN(C(=O)c2cccc(C(=O)NCc3ccco3)n2)CC1. The number of aromatic nitrogens is 1. The maximum atomic E-state index is 12.5. The molecule has 1 N–H and O–H groups in total. The summed E-state index contributed by atoms with van der Waals surface area (Å²) in [5.41, 5.74) is 0.549. The molecule has 1 fully saturated rings. The molecule has 0 unspecified atom stereocenters. The summed E-state index contributed by atoms with van der Waals surface area (Å²) in [6.45, 7) is 3.98. The molecule has 3 heterocycles. The lowest BCUT2D eigenvalue weighted by atomic mass is 9.99. The summed E-state index contributed by atoms with van der Waals surface area (Å²) in [5, 5.41) is 2.73. The fraction of sp³-hybridized carbons (Fsp3) is 0.389. The number of furan rings is 1. The van der Waals surface area contributed by atoms with E-state index in [0.717, 1.165) is 25.9 Å². The van der Waals surface area contributed by atoms with Gasteiger partial charge in [-0.15, -0.1) is 0 Å². The van der Waals surface area contributed by atoms with Gasteiger partial charge in [0.1, 0.15) is 17.1 Å². The Morgan fingerprint density at radius 2 is 1.96 bits per heavy atom. The van der Waals surface area contributed by atoms with Gasteiger partial charge < -0.3 is 14.6 Å². The predicted octanol–water partition coefficient (Wildman–Crippen LogP) is 2.48. The first-order valence-corrected chi connectivity index (χ1v) is 8.20. The first-order chi connectivity index (χ1) is 11.6. The monoisotopic (exact) mass is 327 g/mol. The van der Waals surface area contributed by atoms with Crippen LogP contribution in [0.4, 0.5) is 0 Å². The van der Waals surface area contributed by atoms with Gasteiger partial charge in [-0.05, 0) is 43.0 Å². The third-order valence-corrected chi connectivity index (χ3v) is 4.27. The van der Waals surface area contributed by atoms with Gasteiger partial charge in [0.25, 0.3) is 11.8 Å². The van der Waals surface area contributed by atoms with Gasteiger partial charge in [0, 0.05) is 13.1 Å². The minimum Gasteiger partial charge on any atom is -0.467 e. The molecule has 3 rings (SSSR count). The Bertz CT molecular complexity index is 704. The third kappa shape index (κ3) is 3.82. The summed E-state index contributed by atoms with van der Waals surface area (Å²) in [5.74, 6) is 0.884. The molecule has 0 aromatic carbocycles. The maximum absolute atomic E-state index is 12.5. The molecule has 0 atom stereocenters. The molecule has 1 saturated heterocycles. The minimum atomic E-state index is -0.326. The number of piperidine rings is 1. The first kappa shape index (κ1) is 16.2. The lowest BCUT2D eigenvalue weighted by Crippen LogP contribution is -2.38. The second kappa shape index (κ2) is 7.29. The van der Waals surface area contributed by atoms with Gasteiger partial charge in [-0.3, -0.25) is 9.59 Å². The molecule has 2 aromatic rings. The van der Waals surface area contributed by atoms with E-state index in [0.29, 0.717) is 17.4 Å². The van der Waals surface area contributed by atoms with Gasteiger partial charge in [0.2, 0.25) is 0 Å². The van der Waals surface area contributed by atoms with Crippen molar-refractivity contribution in [3.8, 4) is 0 Å². The summed E-state index contributed by atoms with van der Waals surface area (Å²) in [6, 6.07) is 8.49. The van der Waals surface area contributed by atoms with Gasteiger partial charge in [0.15, 0.2) is 0 Å². The van der Waals surface area contributed by atoms with E-state index >= 15 is 0 Å². The first-order valence-electron chi connectivity index (χ1n) is 8.20. The van der Waals surface area contributed by atoms with Crippen LogP contribution in [-0.2, 0) is 6.54 Å². The number of hydrogen-bond acceptors (Lipinski definition) is 4. The highest BCUT2D eigenvalue weighted by atomic mass is 16.3. The van der Waals surface area contributed by atoms with E-state index in [1.807, 2.05) is 4.90 Å². The van der Waals surface area contributed by atoms with E-state index < -0.39 is 0 Å². The number of pyridine rings is 1. The number of rotatable bonds is 4. The van der Waals surface area contributed by atoms with Gasteiger partial charge >= 0.3 is 0 Å². The average Bonchev–Trinajstić information content (AvgIpc) is 3.13. The third-order valence-electron chi connectivity index (χ3n) is 4.27. The van der Waals surface area contributed by atoms with Crippen molar-refractivity contribution < 1.29 is 14.0 Å². The van der Waals surface area contributed by atoms with Crippen LogP contribution in [-0.4, -0.2) is 34.8 Å². The number of amides is 2. The lowest BCUT2D eigenvalue weighted by Gasteiger charge is -2.30. The second-order valence-electron chi connectivity index (χ2n) is 6.14. The molecule has 0 bridgehead atoms. The zero-order chi connectivity index (χ0) is 16.9. The van der Waals surface area contributed by atoms with Crippen molar-refractivity contribution in [3.63, 3.8) is 0 Å². The second-order valence-corrected chi connectivity index (χ2v) is 6.14. The van der Waals surface area contributed by atoms with Crippen LogP contribution in [0.15, 0.2) is 41.0 Å². The van der Waals surface area contributed by atoms with E-state index in [1.165, 1.54) is 0 Å². The molecular formula is C18H21N3O3. The highest BCUT2D eigenvalue weighted by Crippen LogP contribution is 2.17. The number of hydrogen-bond donors (Lipinski definition) is 1. The molecule has 126 valence electrons. The molecule has 0 saturated carbocycles. The standard InChI is InChI=1S/C18H21N3O3/c1-13-7-9-21(10-8-13)18(23)16-6-2-5-15(20-16)17(22)19-12-14-4-3-11-24-14/h2-6,11,13H,7-10,12H2,1H3,(H,19,22). The Morgan fingerprint density at radius 1 is 1.21 bits per heavy atom.